The molecular formula is C16H24O3. The lowest BCUT2D eigenvalue weighted by atomic mass is 9.97. The maximum absolute atomic E-state index is 5.31. The Morgan fingerprint density at radius 2 is 1.89 bits per heavy atom. The van der Waals surface area contributed by atoms with Crippen molar-refractivity contribution in [3.05, 3.63) is 42.2 Å². The summed E-state index contributed by atoms with van der Waals surface area (Å²) in [6.07, 6.45) is 3.05. The minimum Gasteiger partial charge on any atom is -0.497 e. The second kappa shape index (κ2) is 8.59. The molecule has 0 aliphatic rings. The molecule has 19 heavy (non-hydrogen) atoms. The zero-order valence-electron chi connectivity index (χ0n) is 12.1. The summed E-state index contributed by atoms with van der Waals surface area (Å²) < 4.78 is 15.3. The van der Waals surface area contributed by atoms with Gasteiger partial charge in [-0.3, -0.25) is 0 Å². The molecule has 0 aliphatic heterocycles. The SMILES string of the molecule is C=C(C[C@H](C)CCc1ccc(OC)cc1)OCOC. The summed E-state index contributed by atoms with van der Waals surface area (Å²) in [6, 6.07) is 8.23. The van der Waals surface area contributed by atoms with E-state index in [4.69, 9.17) is 14.2 Å². The third-order valence-electron chi connectivity index (χ3n) is 3.04. The van der Waals surface area contributed by atoms with E-state index in [1.165, 1.54) is 5.56 Å². The van der Waals surface area contributed by atoms with E-state index >= 15 is 0 Å². The first kappa shape index (κ1) is 15.6. The number of rotatable bonds is 9. The van der Waals surface area contributed by atoms with Crippen LogP contribution in [0.4, 0.5) is 0 Å². The van der Waals surface area contributed by atoms with Crippen molar-refractivity contribution in [3.8, 4) is 5.75 Å². The molecule has 1 aromatic rings. The van der Waals surface area contributed by atoms with Crippen LogP contribution in [0.3, 0.4) is 0 Å². The summed E-state index contributed by atoms with van der Waals surface area (Å²) in [6.45, 7) is 6.39. The molecule has 3 nitrogen and oxygen atoms in total. The molecule has 1 rings (SSSR count). The van der Waals surface area contributed by atoms with E-state index in [0.29, 0.717) is 5.92 Å². The fourth-order valence-corrected chi connectivity index (χ4v) is 1.90. The average Bonchev–Trinajstić information content (AvgIpc) is 2.43. The fourth-order valence-electron chi connectivity index (χ4n) is 1.90. The third-order valence-corrected chi connectivity index (χ3v) is 3.04. The Hall–Kier alpha value is -1.48. The Labute approximate surface area is 116 Å². The molecule has 3 heteroatoms. The number of benzene rings is 1. The van der Waals surface area contributed by atoms with Gasteiger partial charge in [0.1, 0.15) is 5.75 Å². The molecule has 0 unspecified atom stereocenters. The molecule has 0 aromatic heterocycles. The highest BCUT2D eigenvalue weighted by Crippen LogP contribution is 2.19. The molecule has 1 atom stereocenters. The van der Waals surface area contributed by atoms with Crippen LogP contribution in [0.2, 0.25) is 0 Å². The van der Waals surface area contributed by atoms with Gasteiger partial charge in [-0.25, -0.2) is 0 Å². The number of aryl methyl sites for hydroxylation is 1. The standard InChI is InChI=1S/C16H24O3/c1-13(11-14(2)19-12-17-3)5-6-15-7-9-16(18-4)10-8-15/h7-10,13H,2,5-6,11-12H2,1,3-4H3/t13-/m1/s1. The molecule has 0 aliphatic carbocycles. The lowest BCUT2D eigenvalue weighted by molar-refractivity contribution is 0.00103. The Balaban J connectivity index is 2.28. The van der Waals surface area contributed by atoms with Crippen LogP contribution in [-0.2, 0) is 15.9 Å². The Kier molecular flexibility index (Phi) is 7.04. The van der Waals surface area contributed by atoms with E-state index < -0.39 is 0 Å². The topological polar surface area (TPSA) is 27.7 Å². The van der Waals surface area contributed by atoms with Crippen LogP contribution >= 0.6 is 0 Å². The molecular weight excluding hydrogens is 240 g/mol. The molecule has 1 aromatic carbocycles. The average molecular weight is 264 g/mol. The minimum absolute atomic E-state index is 0.282. The summed E-state index contributed by atoms with van der Waals surface area (Å²) in [5.74, 6) is 2.24. The second-order valence-electron chi connectivity index (χ2n) is 4.79. The van der Waals surface area contributed by atoms with Crippen molar-refractivity contribution in [2.75, 3.05) is 21.0 Å². The van der Waals surface area contributed by atoms with Gasteiger partial charge in [0, 0.05) is 13.5 Å². The van der Waals surface area contributed by atoms with Gasteiger partial charge in [-0.1, -0.05) is 25.6 Å². The second-order valence-corrected chi connectivity index (χ2v) is 4.79. The maximum atomic E-state index is 5.31. The zero-order valence-corrected chi connectivity index (χ0v) is 12.1. The van der Waals surface area contributed by atoms with Crippen LogP contribution in [-0.4, -0.2) is 21.0 Å². The highest BCUT2D eigenvalue weighted by molar-refractivity contribution is 5.27. The van der Waals surface area contributed by atoms with Gasteiger partial charge in [0.25, 0.3) is 0 Å². The van der Waals surface area contributed by atoms with Crippen LogP contribution in [0.1, 0.15) is 25.3 Å². The van der Waals surface area contributed by atoms with E-state index in [1.54, 1.807) is 14.2 Å². The highest BCUT2D eigenvalue weighted by atomic mass is 16.7. The van der Waals surface area contributed by atoms with Crippen molar-refractivity contribution < 1.29 is 14.2 Å². The van der Waals surface area contributed by atoms with E-state index in [9.17, 15) is 0 Å². The van der Waals surface area contributed by atoms with Gasteiger partial charge in [0.2, 0.25) is 0 Å². The van der Waals surface area contributed by atoms with Gasteiger partial charge >= 0.3 is 0 Å². The Morgan fingerprint density at radius 1 is 1.21 bits per heavy atom. The molecule has 0 radical (unpaired) electrons. The number of ether oxygens (including phenoxy) is 3. The first-order chi connectivity index (χ1) is 9.15. The smallest absolute Gasteiger partial charge is 0.188 e. The molecule has 0 N–H and O–H groups in total. The number of hydrogen-bond donors (Lipinski definition) is 0. The number of hydrogen-bond acceptors (Lipinski definition) is 3. The fraction of sp³-hybridized carbons (Fsp3) is 0.500. The predicted octanol–water partition coefficient (Wildman–Crippen LogP) is 3.79. The monoisotopic (exact) mass is 264 g/mol. The van der Waals surface area contributed by atoms with E-state index in [1.807, 2.05) is 12.1 Å². The maximum Gasteiger partial charge on any atom is 0.188 e. The van der Waals surface area contributed by atoms with Crippen molar-refractivity contribution in [2.45, 2.75) is 26.2 Å². The van der Waals surface area contributed by atoms with Crippen molar-refractivity contribution in [3.63, 3.8) is 0 Å². The van der Waals surface area contributed by atoms with Crippen LogP contribution in [0, 0.1) is 5.92 Å². The minimum atomic E-state index is 0.282. The number of methoxy groups -OCH3 is 2. The molecule has 0 bridgehead atoms. The Bertz CT molecular complexity index is 370. The van der Waals surface area contributed by atoms with Gasteiger partial charge < -0.3 is 14.2 Å². The van der Waals surface area contributed by atoms with Crippen molar-refractivity contribution in [1.82, 2.24) is 0 Å². The predicted molar refractivity (Wildman–Crippen MR) is 77.2 cm³/mol. The first-order valence-corrected chi connectivity index (χ1v) is 6.58. The van der Waals surface area contributed by atoms with Crippen molar-refractivity contribution >= 4 is 0 Å². The van der Waals surface area contributed by atoms with E-state index in [-0.39, 0.29) is 6.79 Å². The van der Waals surface area contributed by atoms with Crippen molar-refractivity contribution in [2.24, 2.45) is 5.92 Å². The van der Waals surface area contributed by atoms with E-state index in [0.717, 1.165) is 30.8 Å². The summed E-state index contributed by atoms with van der Waals surface area (Å²) in [5.41, 5.74) is 1.33. The molecule has 0 fully saturated rings. The molecule has 0 spiro atoms. The van der Waals surface area contributed by atoms with Gasteiger partial charge in [-0.05, 0) is 36.5 Å². The molecule has 0 saturated carbocycles. The lowest BCUT2D eigenvalue weighted by Crippen LogP contribution is -2.03. The van der Waals surface area contributed by atoms with Gasteiger partial charge in [0.05, 0.1) is 12.9 Å². The summed E-state index contributed by atoms with van der Waals surface area (Å²) >= 11 is 0. The van der Waals surface area contributed by atoms with Gasteiger partial charge in [-0.2, -0.15) is 0 Å². The first-order valence-electron chi connectivity index (χ1n) is 6.58. The largest absolute Gasteiger partial charge is 0.497 e. The zero-order chi connectivity index (χ0) is 14.1. The normalized spacial score (nSPS) is 11.9. The summed E-state index contributed by atoms with van der Waals surface area (Å²) in [4.78, 5) is 0. The summed E-state index contributed by atoms with van der Waals surface area (Å²) in [7, 11) is 3.29. The van der Waals surface area contributed by atoms with Crippen LogP contribution in [0.5, 0.6) is 5.75 Å². The lowest BCUT2D eigenvalue weighted by Gasteiger charge is -2.14. The summed E-state index contributed by atoms with van der Waals surface area (Å²) in [5, 5.41) is 0. The highest BCUT2D eigenvalue weighted by Gasteiger charge is 2.06. The van der Waals surface area contributed by atoms with Gasteiger partial charge in [-0.15, -0.1) is 0 Å². The molecule has 106 valence electrons. The molecule has 0 heterocycles. The van der Waals surface area contributed by atoms with Crippen LogP contribution < -0.4 is 4.74 Å². The number of allylic oxidation sites excluding steroid dienone is 1. The quantitative estimate of drug-likeness (QED) is 0.501. The third kappa shape index (κ3) is 6.30. The van der Waals surface area contributed by atoms with Crippen molar-refractivity contribution in [1.29, 1.82) is 0 Å². The van der Waals surface area contributed by atoms with E-state index in [2.05, 4.69) is 25.6 Å². The van der Waals surface area contributed by atoms with Crippen LogP contribution in [0.15, 0.2) is 36.6 Å². The Morgan fingerprint density at radius 3 is 2.47 bits per heavy atom. The van der Waals surface area contributed by atoms with Gasteiger partial charge in [0.15, 0.2) is 6.79 Å². The van der Waals surface area contributed by atoms with Crippen LogP contribution in [0.25, 0.3) is 0 Å². The molecule has 0 saturated heterocycles. The molecule has 0 amide bonds.